The quantitative estimate of drug-likeness (QED) is 0.577. The van der Waals surface area contributed by atoms with E-state index in [9.17, 15) is 15.0 Å². The molecule has 2 heterocycles. The lowest BCUT2D eigenvalue weighted by Gasteiger charge is -2.62. The lowest BCUT2D eigenvalue weighted by Crippen LogP contribution is -2.75. The molecule has 2 aliphatic heterocycles. The summed E-state index contributed by atoms with van der Waals surface area (Å²) >= 11 is 0. The molecule has 2 bridgehead atoms. The van der Waals surface area contributed by atoms with Crippen LogP contribution in [-0.4, -0.2) is 58.5 Å². The van der Waals surface area contributed by atoms with Crippen LogP contribution in [0.3, 0.4) is 0 Å². The molecule has 7 nitrogen and oxygen atoms in total. The zero-order chi connectivity index (χ0) is 24.7. The zero-order valence-electron chi connectivity index (χ0n) is 20.5. The van der Waals surface area contributed by atoms with Gasteiger partial charge in [-0.05, 0) is 68.8 Å². The summed E-state index contributed by atoms with van der Waals surface area (Å²) < 4.78 is 12.7. The second-order valence-electron chi connectivity index (χ2n) is 11.0. The molecule has 1 saturated heterocycles. The van der Waals surface area contributed by atoms with Gasteiger partial charge in [0.1, 0.15) is 5.76 Å². The summed E-state index contributed by atoms with van der Waals surface area (Å²) in [5, 5.41) is 26.6. The van der Waals surface area contributed by atoms with Gasteiger partial charge in [-0.15, -0.1) is 0 Å². The van der Waals surface area contributed by atoms with E-state index in [0.29, 0.717) is 48.1 Å². The SMILES string of the molecule is CCOC1=C(C(=O)Nc2ccccc2)C[C@@]2(O)[C@H]3Cc4ccc(O)c5c4[C@@]2(CCN3CC2CC2)[C@H]1O5. The maximum Gasteiger partial charge on any atom is 0.255 e. The van der Waals surface area contributed by atoms with Crippen molar-refractivity contribution in [3.63, 3.8) is 0 Å². The average Bonchev–Trinajstić information content (AvgIpc) is 3.61. The molecule has 1 amide bonds. The van der Waals surface area contributed by atoms with Crippen molar-refractivity contribution in [2.24, 2.45) is 5.92 Å². The number of hydrogen-bond donors (Lipinski definition) is 3. The Balaban J connectivity index is 1.40. The van der Waals surface area contributed by atoms with Crippen molar-refractivity contribution in [1.82, 2.24) is 4.90 Å². The maximum absolute atomic E-state index is 13.7. The third kappa shape index (κ3) is 2.90. The van der Waals surface area contributed by atoms with E-state index in [1.807, 2.05) is 43.3 Å². The molecule has 1 saturated carbocycles. The number of nitrogens with one attached hydrogen (secondary N) is 1. The number of amides is 1. The molecule has 2 aromatic carbocycles. The fraction of sp³-hybridized carbons (Fsp3) is 0.483. The molecule has 4 atom stereocenters. The zero-order valence-corrected chi connectivity index (χ0v) is 20.5. The van der Waals surface area contributed by atoms with E-state index in [1.165, 1.54) is 12.8 Å². The topological polar surface area (TPSA) is 91.3 Å². The van der Waals surface area contributed by atoms with Crippen LogP contribution < -0.4 is 10.1 Å². The van der Waals surface area contributed by atoms with Crippen LogP contribution in [0.5, 0.6) is 11.5 Å². The highest BCUT2D eigenvalue weighted by molar-refractivity contribution is 6.04. The molecule has 0 radical (unpaired) electrons. The molecule has 36 heavy (non-hydrogen) atoms. The number of carbonyl (C=O) groups excluding carboxylic acids is 1. The summed E-state index contributed by atoms with van der Waals surface area (Å²) in [5.74, 6) is 1.40. The Bertz CT molecular complexity index is 1270. The Labute approximate surface area is 210 Å². The Morgan fingerprint density at radius 1 is 1.22 bits per heavy atom. The van der Waals surface area contributed by atoms with Crippen molar-refractivity contribution in [2.45, 2.75) is 62.2 Å². The van der Waals surface area contributed by atoms with Gasteiger partial charge >= 0.3 is 0 Å². The monoisotopic (exact) mass is 488 g/mol. The van der Waals surface area contributed by atoms with Gasteiger partial charge in [0.2, 0.25) is 0 Å². The predicted molar refractivity (Wildman–Crippen MR) is 134 cm³/mol. The van der Waals surface area contributed by atoms with E-state index in [0.717, 1.165) is 24.2 Å². The fourth-order valence-electron chi connectivity index (χ4n) is 7.39. The molecule has 188 valence electrons. The number of piperidine rings is 1. The van der Waals surface area contributed by atoms with E-state index in [-0.39, 0.29) is 24.1 Å². The van der Waals surface area contributed by atoms with Crippen molar-refractivity contribution >= 4 is 11.6 Å². The van der Waals surface area contributed by atoms with E-state index < -0.39 is 17.1 Å². The number of benzene rings is 2. The molecule has 0 unspecified atom stereocenters. The van der Waals surface area contributed by atoms with Crippen molar-refractivity contribution < 1.29 is 24.5 Å². The highest BCUT2D eigenvalue weighted by atomic mass is 16.5. The Kier molecular flexibility index (Phi) is 4.77. The van der Waals surface area contributed by atoms with Crippen LogP contribution in [0.15, 0.2) is 53.8 Å². The van der Waals surface area contributed by atoms with E-state index in [4.69, 9.17) is 9.47 Å². The molecule has 3 aliphatic carbocycles. The van der Waals surface area contributed by atoms with Gasteiger partial charge in [0, 0.05) is 30.3 Å². The molecule has 5 aliphatic rings. The van der Waals surface area contributed by atoms with E-state index in [2.05, 4.69) is 10.2 Å². The van der Waals surface area contributed by atoms with Crippen LogP contribution in [0.1, 0.15) is 43.7 Å². The van der Waals surface area contributed by atoms with Gasteiger partial charge in [-0.3, -0.25) is 9.69 Å². The molecule has 7 rings (SSSR count). The van der Waals surface area contributed by atoms with Gasteiger partial charge in [-0.25, -0.2) is 0 Å². The lowest BCUT2D eigenvalue weighted by molar-refractivity contribution is -0.174. The Morgan fingerprint density at radius 3 is 2.78 bits per heavy atom. The molecular weight excluding hydrogens is 456 g/mol. The van der Waals surface area contributed by atoms with Gasteiger partial charge in [0.15, 0.2) is 17.6 Å². The molecular formula is C29H32N2O5. The van der Waals surface area contributed by atoms with Gasteiger partial charge in [-0.2, -0.15) is 0 Å². The van der Waals surface area contributed by atoms with Crippen LogP contribution in [0, 0.1) is 5.92 Å². The first-order chi connectivity index (χ1) is 17.5. The first-order valence-electron chi connectivity index (χ1n) is 13.2. The summed E-state index contributed by atoms with van der Waals surface area (Å²) in [5.41, 5.74) is 1.16. The van der Waals surface area contributed by atoms with Crippen molar-refractivity contribution in [3.8, 4) is 11.5 Å². The minimum Gasteiger partial charge on any atom is -0.504 e. The van der Waals surface area contributed by atoms with Gasteiger partial charge in [-0.1, -0.05) is 24.3 Å². The minimum absolute atomic E-state index is 0.0740. The summed E-state index contributed by atoms with van der Waals surface area (Å²) in [6, 6.07) is 12.9. The number of aliphatic hydroxyl groups is 1. The highest BCUT2D eigenvalue weighted by Gasteiger charge is 2.73. The van der Waals surface area contributed by atoms with E-state index in [1.54, 1.807) is 6.07 Å². The average molecular weight is 489 g/mol. The second kappa shape index (κ2) is 7.73. The molecule has 0 aromatic heterocycles. The number of phenolic OH excluding ortho intramolecular Hbond substituents is 1. The number of rotatable bonds is 6. The standard InChI is InChI=1S/C29H32N2O5/c1-2-35-24-20(27(33)30-19-6-4-3-5-7-19)15-29(34)22-14-18-10-11-21(32)25-23(18)28(29,26(24)36-25)12-13-31(22)16-17-8-9-17/h3-7,10-11,17,22,26,32,34H,2,8-9,12-16H2,1H3,(H,30,33)/t22-,26+,28+,29-/m1/s1. The lowest BCUT2D eigenvalue weighted by atomic mass is 9.49. The second-order valence-corrected chi connectivity index (χ2v) is 11.0. The smallest absolute Gasteiger partial charge is 0.255 e. The van der Waals surface area contributed by atoms with Crippen molar-refractivity contribution in [1.29, 1.82) is 0 Å². The number of nitrogens with zero attached hydrogens (tertiary/aromatic N) is 1. The van der Waals surface area contributed by atoms with Crippen LogP contribution in [0.2, 0.25) is 0 Å². The van der Waals surface area contributed by atoms with E-state index >= 15 is 0 Å². The largest absolute Gasteiger partial charge is 0.504 e. The summed E-state index contributed by atoms with van der Waals surface area (Å²) in [6.07, 6.45) is 3.35. The number of phenols is 1. The van der Waals surface area contributed by atoms with Gasteiger partial charge in [0.25, 0.3) is 5.91 Å². The number of anilines is 1. The Hall–Kier alpha value is -3.03. The van der Waals surface area contributed by atoms with Crippen molar-refractivity contribution in [3.05, 3.63) is 64.9 Å². The molecule has 7 heteroatoms. The number of aromatic hydroxyl groups is 1. The first-order valence-corrected chi connectivity index (χ1v) is 13.2. The minimum atomic E-state index is -1.22. The van der Waals surface area contributed by atoms with Gasteiger partial charge in [0.05, 0.1) is 23.2 Å². The molecule has 2 fully saturated rings. The Morgan fingerprint density at radius 2 is 2.03 bits per heavy atom. The van der Waals surface area contributed by atoms with Crippen LogP contribution in [0.4, 0.5) is 5.69 Å². The fourth-order valence-corrected chi connectivity index (χ4v) is 7.39. The first kappa shape index (κ1) is 22.2. The normalized spacial score (nSPS) is 32.1. The maximum atomic E-state index is 13.7. The third-order valence-corrected chi connectivity index (χ3v) is 9.10. The summed E-state index contributed by atoms with van der Waals surface area (Å²) in [4.78, 5) is 16.2. The number of hydrogen-bond acceptors (Lipinski definition) is 6. The third-order valence-electron chi connectivity index (χ3n) is 9.10. The van der Waals surface area contributed by atoms with Crippen LogP contribution in [-0.2, 0) is 21.4 Å². The van der Waals surface area contributed by atoms with Crippen molar-refractivity contribution in [2.75, 3.05) is 25.0 Å². The van der Waals surface area contributed by atoms with Crippen LogP contribution in [0.25, 0.3) is 0 Å². The number of likely N-dealkylation sites (tertiary alicyclic amines) is 1. The number of carbonyl (C=O) groups is 1. The van der Waals surface area contributed by atoms with Gasteiger partial charge < -0.3 is 25.0 Å². The number of para-hydroxylation sites is 1. The highest BCUT2D eigenvalue weighted by Crippen LogP contribution is 2.66. The predicted octanol–water partition coefficient (Wildman–Crippen LogP) is 3.50. The molecule has 2 aromatic rings. The summed E-state index contributed by atoms with van der Waals surface area (Å²) in [7, 11) is 0. The van der Waals surface area contributed by atoms with Crippen LogP contribution >= 0.6 is 0 Å². The number of ether oxygens (including phenoxy) is 2. The molecule has 1 spiro atoms. The summed E-state index contributed by atoms with van der Waals surface area (Å²) in [6.45, 7) is 4.09. The molecule has 3 N–H and O–H groups in total.